The molecule has 0 saturated carbocycles. The summed E-state index contributed by atoms with van der Waals surface area (Å²) in [5.74, 6) is -0.254. The van der Waals surface area contributed by atoms with Crippen molar-refractivity contribution in [1.29, 1.82) is 0 Å². The highest BCUT2D eigenvalue weighted by molar-refractivity contribution is 14.1. The van der Waals surface area contributed by atoms with Crippen LogP contribution in [0.25, 0.3) is 0 Å². The average Bonchev–Trinajstić information content (AvgIpc) is 1.97. The number of halogens is 1. The number of allylic oxidation sites excluding steroid dienone is 1. The number of unbranched alkanes of at least 4 members (excludes halogenated alkanes) is 1. The summed E-state index contributed by atoms with van der Waals surface area (Å²) in [6.07, 6.45) is 5.73. The van der Waals surface area contributed by atoms with Gasteiger partial charge in [0.2, 0.25) is 5.91 Å². The number of hydrogen-bond donors (Lipinski definition) is 1. The van der Waals surface area contributed by atoms with Crippen LogP contribution in [0.3, 0.4) is 0 Å². The molecule has 0 aromatic heterocycles. The number of nitrogens with two attached hydrogens (primary N) is 1. The van der Waals surface area contributed by atoms with Gasteiger partial charge in [0.15, 0.2) is 0 Å². The highest BCUT2D eigenvalue weighted by Crippen LogP contribution is 2.15. The fraction of sp³-hybridized carbons (Fsp3) is 0.625. The molecule has 0 aliphatic rings. The first-order valence-corrected chi connectivity index (χ1v) is 4.87. The molecule has 0 heterocycles. The van der Waals surface area contributed by atoms with E-state index in [1.807, 2.05) is 6.08 Å². The summed E-state index contributed by atoms with van der Waals surface area (Å²) in [6, 6.07) is 0. The first-order valence-electron chi connectivity index (χ1n) is 3.79. The quantitative estimate of drug-likeness (QED) is 0.763. The standard InChI is InChI=1S/C8H14INO/c1-2-3-4-7(9)5-6-8(10)11/h5H,2-4,6H2,1H3,(H2,10,11)/b7-5-. The van der Waals surface area contributed by atoms with Gasteiger partial charge in [0, 0.05) is 6.42 Å². The van der Waals surface area contributed by atoms with Crippen molar-refractivity contribution in [2.24, 2.45) is 5.73 Å². The molecule has 11 heavy (non-hydrogen) atoms. The van der Waals surface area contributed by atoms with Gasteiger partial charge >= 0.3 is 0 Å². The van der Waals surface area contributed by atoms with Gasteiger partial charge in [-0.15, -0.1) is 0 Å². The Bertz CT molecular complexity index is 154. The van der Waals surface area contributed by atoms with Crippen LogP contribution in [-0.2, 0) is 4.79 Å². The maximum Gasteiger partial charge on any atom is 0.221 e. The van der Waals surface area contributed by atoms with Crippen molar-refractivity contribution in [2.45, 2.75) is 32.6 Å². The van der Waals surface area contributed by atoms with E-state index in [-0.39, 0.29) is 5.91 Å². The van der Waals surface area contributed by atoms with E-state index < -0.39 is 0 Å². The second-order valence-corrected chi connectivity index (χ2v) is 3.81. The molecule has 2 nitrogen and oxygen atoms in total. The molecule has 0 spiro atoms. The summed E-state index contributed by atoms with van der Waals surface area (Å²) in [4.78, 5) is 10.4. The Hall–Kier alpha value is -0.0600. The predicted molar refractivity (Wildman–Crippen MR) is 55.4 cm³/mol. The van der Waals surface area contributed by atoms with E-state index in [0.717, 1.165) is 6.42 Å². The first-order chi connectivity index (χ1) is 5.16. The molecule has 0 unspecified atom stereocenters. The highest BCUT2D eigenvalue weighted by Gasteiger charge is 1.93. The molecule has 3 heteroatoms. The smallest absolute Gasteiger partial charge is 0.221 e. The maximum absolute atomic E-state index is 10.4. The minimum absolute atomic E-state index is 0.254. The summed E-state index contributed by atoms with van der Waals surface area (Å²) >= 11 is 2.25. The van der Waals surface area contributed by atoms with Gasteiger partial charge in [0.1, 0.15) is 0 Å². The zero-order chi connectivity index (χ0) is 8.69. The molecule has 0 rings (SSSR count). The van der Waals surface area contributed by atoms with E-state index in [1.54, 1.807) is 0 Å². The Kier molecular flexibility index (Phi) is 6.60. The summed E-state index contributed by atoms with van der Waals surface area (Å²) < 4.78 is 1.24. The molecule has 0 radical (unpaired) electrons. The van der Waals surface area contributed by atoms with E-state index in [2.05, 4.69) is 29.5 Å². The lowest BCUT2D eigenvalue weighted by atomic mass is 10.2. The fourth-order valence-corrected chi connectivity index (χ4v) is 1.26. The Balaban J connectivity index is 3.54. The van der Waals surface area contributed by atoms with Gasteiger partial charge in [-0.25, -0.2) is 0 Å². The van der Waals surface area contributed by atoms with Gasteiger partial charge in [0.05, 0.1) is 0 Å². The number of rotatable bonds is 5. The van der Waals surface area contributed by atoms with Crippen LogP contribution in [0.15, 0.2) is 9.66 Å². The van der Waals surface area contributed by atoms with Gasteiger partial charge in [-0.3, -0.25) is 4.79 Å². The van der Waals surface area contributed by atoms with Gasteiger partial charge in [-0.2, -0.15) is 0 Å². The number of carbonyl (C=O) groups excluding carboxylic acids is 1. The van der Waals surface area contributed by atoms with Crippen LogP contribution in [0.1, 0.15) is 32.6 Å². The van der Waals surface area contributed by atoms with Crippen LogP contribution in [0.5, 0.6) is 0 Å². The average molecular weight is 267 g/mol. The molecule has 64 valence electrons. The lowest BCUT2D eigenvalue weighted by Gasteiger charge is -1.95. The normalized spacial score (nSPS) is 11.6. The molecule has 0 aliphatic heterocycles. The molecule has 1 amide bonds. The Morgan fingerprint density at radius 2 is 2.27 bits per heavy atom. The second kappa shape index (κ2) is 6.64. The Labute approximate surface area is 81.4 Å². The summed E-state index contributed by atoms with van der Waals surface area (Å²) in [5.41, 5.74) is 4.98. The highest BCUT2D eigenvalue weighted by atomic mass is 127. The van der Waals surface area contributed by atoms with Gasteiger partial charge in [-0.1, -0.05) is 19.4 Å². The molecule has 0 aromatic carbocycles. The topological polar surface area (TPSA) is 43.1 Å². The summed E-state index contributed by atoms with van der Waals surface area (Å²) in [5, 5.41) is 0. The summed E-state index contributed by atoms with van der Waals surface area (Å²) in [7, 11) is 0. The summed E-state index contributed by atoms with van der Waals surface area (Å²) in [6.45, 7) is 2.15. The lowest BCUT2D eigenvalue weighted by Crippen LogP contribution is -2.08. The van der Waals surface area contributed by atoms with E-state index in [4.69, 9.17) is 5.73 Å². The first kappa shape index (κ1) is 10.9. The van der Waals surface area contributed by atoms with Gasteiger partial charge < -0.3 is 5.73 Å². The molecule has 0 aliphatic carbocycles. The fourth-order valence-electron chi connectivity index (χ4n) is 0.659. The Morgan fingerprint density at radius 1 is 1.64 bits per heavy atom. The zero-order valence-corrected chi connectivity index (χ0v) is 8.93. The van der Waals surface area contributed by atoms with E-state index in [1.165, 1.54) is 16.4 Å². The monoisotopic (exact) mass is 267 g/mol. The molecule has 0 saturated heterocycles. The molecular formula is C8H14INO. The third kappa shape index (κ3) is 7.84. The van der Waals surface area contributed by atoms with Gasteiger partial charge in [0.25, 0.3) is 0 Å². The Morgan fingerprint density at radius 3 is 2.73 bits per heavy atom. The predicted octanol–water partition coefficient (Wildman–Crippen LogP) is 2.37. The third-order valence-corrected chi connectivity index (χ3v) is 2.27. The van der Waals surface area contributed by atoms with Crippen molar-refractivity contribution < 1.29 is 4.79 Å². The van der Waals surface area contributed by atoms with Gasteiger partial charge in [-0.05, 0) is 39.0 Å². The zero-order valence-electron chi connectivity index (χ0n) is 6.77. The van der Waals surface area contributed by atoms with E-state index >= 15 is 0 Å². The third-order valence-electron chi connectivity index (χ3n) is 1.29. The van der Waals surface area contributed by atoms with Crippen molar-refractivity contribution in [3.63, 3.8) is 0 Å². The second-order valence-electron chi connectivity index (χ2n) is 2.42. The largest absolute Gasteiger partial charge is 0.369 e. The van der Waals surface area contributed by atoms with Crippen molar-refractivity contribution in [2.75, 3.05) is 0 Å². The van der Waals surface area contributed by atoms with Crippen LogP contribution in [0.4, 0.5) is 0 Å². The minimum Gasteiger partial charge on any atom is -0.369 e. The SMILES string of the molecule is CCCC/C(I)=C/CC(N)=O. The number of primary amides is 1. The molecule has 0 bridgehead atoms. The molecule has 0 fully saturated rings. The van der Waals surface area contributed by atoms with Crippen LogP contribution >= 0.6 is 22.6 Å². The maximum atomic E-state index is 10.4. The minimum atomic E-state index is -0.254. The van der Waals surface area contributed by atoms with Crippen molar-refractivity contribution >= 4 is 28.5 Å². The molecule has 0 atom stereocenters. The molecular weight excluding hydrogens is 253 g/mol. The number of carbonyl (C=O) groups is 1. The number of amides is 1. The van der Waals surface area contributed by atoms with E-state index in [9.17, 15) is 4.79 Å². The van der Waals surface area contributed by atoms with Crippen LogP contribution in [-0.4, -0.2) is 5.91 Å². The lowest BCUT2D eigenvalue weighted by molar-refractivity contribution is -0.117. The van der Waals surface area contributed by atoms with Crippen LogP contribution < -0.4 is 5.73 Å². The van der Waals surface area contributed by atoms with Crippen LogP contribution in [0.2, 0.25) is 0 Å². The number of hydrogen-bond acceptors (Lipinski definition) is 1. The van der Waals surface area contributed by atoms with Crippen molar-refractivity contribution in [3.8, 4) is 0 Å². The molecule has 0 aromatic rings. The van der Waals surface area contributed by atoms with Crippen molar-refractivity contribution in [1.82, 2.24) is 0 Å². The van der Waals surface area contributed by atoms with Crippen LogP contribution in [0, 0.1) is 0 Å². The molecule has 2 N–H and O–H groups in total. The van der Waals surface area contributed by atoms with Crippen molar-refractivity contribution in [3.05, 3.63) is 9.66 Å². The van der Waals surface area contributed by atoms with E-state index in [0.29, 0.717) is 6.42 Å².